The summed E-state index contributed by atoms with van der Waals surface area (Å²) in [7, 11) is 0. The van der Waals surface area contributed by atoms with Gasteiger partial charge < -0.3 is 10.1 Å². The van der Waals surface area contributed by atoms with Crippen LogP contribution in [0.2, 0.25) is 0 Å². The smallest absolute Gasteiger partial charge is 0.435 e. The molecule has 1 aromatic heterocycles. The molecule has 2 aromatic rings. The normalized spacial score (nSPS) is 14.7. The first-order chi connectivity index (χ1) is 13.5. The average molecular weight is 409 g/mol. The zero-order valence-corrected chi connectivity index (χ0v) is 16.8. The molecule has 1 heterocycles. The quantitative estimate of drug-likeness (QED) is 0.743. The van der Waals surface area contributed by atoms with Gasteiger partial charge in [0.1, 0.15) is 5.75 Å². The molecule has 8 heteroatoms. The number of amides is 1. The molecule has 5 nitrogen and oxygen atoms in total. The summed E-state index contributed by atoms with van der Waals surface area (Å²) in [5.74, 6) is 0.390. The lowest BCUT2D eigenvalue weighted by atomic mass is 9.87. The van der Waals surface area contributed by atoms with Crippen molar-refractivity contribution in [2.45, 2.75) is 57.7 Å². The van der Waals surface area contributed by atoms with Gasteiger partial charge in [0.15, 0.2) is 12.3 Å². The number of nitrogens with zero attached hydrogens (tertiary/aromatic N) is 2. The van der Waals surface area contributed by atoms with Crippen molar-refractivity contribution in [3.05, 3.63) is 47.3 Å². The van der Waals surface area contributed by atoms with Crippen LogP contribution in [-0.2, 0) is 22.9 Å². The van der Waals surface area contributed by atoms with Gasteiger partial charge in [-0.25, -0.2) is 0 Å². The molecule has 0 unspecified atom stereocenters. The fraction of sp³-hybridized carbons (Fsp3) is 0.524. The van der Waals surface area contributed by atoms with Crippen LogP contribution < -0.4 is 10.1 Å². The number of carbonyl (C=O) groups is 1. The summed E-state index contributed by atoms with van der Waals surface area (Å²) in [5.41, 5.74) is 0.904. The summed E-state index contributed by atoms with van der Waals surface area (Å²) < 4.78 is 45.5. The number of nitrogens with one attached hydrogen (secondary N) is 1. The molecule has 0 spiro atoms. The van der Waals surface area contributed by atoms with E-state index in [1.54, 1.807) is 0 Å². The predicted molar refractivity (Wildman–Crippen MR) is 103 cm³/mol. The minimum atomic E-state index is -4.46. The van der Waals surface area contributed by atoms with Crippen LogP contribution in [0, 0.1) is 0 Å². The van der Waals surface area contributed by atoms with Crippen LogP contribution in [0.15, 0.2) is 30.3 Å². The van der Waals surface area contributed by atoms with E-state index in [2.05, 4.69) is 31.2 Å². The Kier molecular flexibility index (Phi) is 5.91. The molecule has 1 aromatic carbocycles. The third-order valence-electron chi connectivity index (χ3n) is 4.83. The molecular formula is C21H26F3N3O2. The lowest BCUT2D eigenvalue weighted by molar-refractivity contribution is -0.141. The van der Waals surface area contributed by atoms with Gasteiger partial charge in [-0.1, -0.05) is 32.9 Å². The zero-order valence-electron chi connectivity index (χ0n) is 16.8. The fourth-order valence-electron chi connectivity index (χ4n) is 3.01. The van der Waals surface area contributed by atoms with E-state index >= 15 is 0 Å². The molecule has 158 valence electrons. The van der Waals surface area contributed by atoms with E-state index in [1.165, 1.54) is 10.2 Å². The maximum atomic E-state index is 12.9. The standard InChI is InChI=1S/C21H26F3N3O2/c1-20(2,3)15-6-8-16(9-7-15)29-13-19(28)25-10-11-27-17(14-4-5-14)12-18(26-27)21(22,23)24/h6-9,12,14H,4-5,10-11,13H2,1-3H3,(H,25,28). The second kappa shape index (κ2) is 8.08. The summed E-state index contributed by atoms with van der Waals surface area (Å²) in [5, 5.41) is 6.34. The van der Waals surface area contributed by atoms with E-state index < -0.39 is 11.9 Å². The van der Waals surface area contributed by atoms with Gasteiger partial charge in [-0.15, -0.1) is 0 Å². The highest BCUT2D eigenvalue weighted by Crippen LogP contribution is 2.42. The van der Waals surface area contributed by atoms with E-state index in [-0.39, 0.29) is 36.9 Å². The van der Waals surface area contributed by atoms with E-state index in [0.717, 1.165) is 18.9 Å². The highest BCUT2D eigenvalue weighted by Gasteiger charge is 2.37. The van der Waals surface area contributed by atoms with Crippen LogP contribution >= 0.6 is 0 Å². The topological polar surface area (TPSA) is 56.1 Å². The number of halogens is 3. The van der Waals surface area contributed by atoms with Gasteiger partial charge in [-0.05, 0) is 42.0 Å². The molecule has 1 aliphatic carbocycles. The van der Waals surface area contributed by atoms with Crippen molar-refractivity contribution in [2.24, 2.45) is 0 Å². The molecule has 3 rings (SSSR count). The molecule has 1 saturated carbocycles. The molecule has 1 fully saturated rings. The van der Waals surface area contributed by atoms with Crippen molar-refractivity contribution in [3.8, 4) is 5.75 Å². The van der Waals surface area contributed by atoms with Crippen molar-refractivity contribution >= 4 is 5.91 Å². The Morgan fingerprint density at radius 2 is 1.86 bits per heavy atom. The van der Waals surface area contributed by atoms with Gasteiger partial charge >= 0.3 is 6.18 Å². The van der Waals surface area contributed by atoms with Gasteiger partial charge in [0.25, 0.3) is 5.91 Å². The molecule has 1 N–H and O–H groups in total. The van der Waals surface area contributed by atoms with Crippen LogP contribution in [0.5, 0.6) is 5.75 Å². The van der Waals surface area contributed by atoms with Gasteiger partial charge in [-0.3, -0.25) is 9.48 Å². The third-order valence-corrected chi connectivity index (χ3v) is 4.83. The fourth-order valence-corrected chi connectivity index (χ4v) is 3.01. The molecule has 1 aliphatic rings. The minimum Gasteiger partial charge on any atom is -0.484 e. The second-order valence-corrected chi connectivity index (χ2v) is 8.36. The van der Waals surface area contributed by atoms with Crippen molar-refractivity contribution in [2.75, 3.05) is 13.2 Å². The second-order valence-electron chi connectivity index (χ2n) is 8.36. The summed E-state index contributed by atoms with van der Waals surface area (Å²) >= 11 is 0. The van der Waals surface area contributed by atoms with Crippen molar-refractivity contribution in [3.63, 3.8) is 0 Å². The molecule has 0 saturated heterocycles. The Labute approximate surface area is 168 Å². The van der Waals surface area contributed by atoms with E-state index in [1.807, 2.05) is 24.3 Å². The highest BCUT2D eigenvalue weighted by atomic mass is 19.4. The number of aromatic nitrogens is 2. The van der Waals surface area contributed by atoms with Crippen molar-refractivity contribution in [1.82, 2.24) is 15.1 Å². The summed E-state index contributed by atoms with van der Waals surface area (Å²) in [4.78, 5) is 12.0. The summed E-state index contributed by atoms with van der Waals surface area (Å²) in [6.45, 7) is 6.56. The third kappa shape index (κ3) is 5.74. The summed E-state index contributed by atoms with van der Waals surface area (Å²) in [6.07, 6.45) is -2.72. The maximum Gasteiger partial charge on any atom is 0.435 e. The van der Waals surface area contributed by atoms with Gasteiger partial charge in [0.05, 0.1) is 6.54 Å². The van der Waals surface area contributed by atoms with Crippen LogP contribution in [0.4, 0.5) is 13.2 Å². The van der Waals surface area contributed by atoms with E-state index in [9.17, 15) is 18.0 Å². The number of benzene rings is 1. The Balaban J connectivity index is 1.47. The number of hydrogen-bond donors (Lipinski definition) is 1. The van der Waals surface area contributed by atoms with Crippen LogP contribution in [0.1, 0.15) is 56.5 Å². The molecule has 1 amide bonds. The molecular weight excluding hydrogens is 383 g/mol. The Hall–Kier alpha value is -2.51. The largest absolute Gasteiger partial charge is 0.484 e. The van der Waals surface area contributed by atoms with Gasteiger partial charge in [-0.2, -0.15) is 18.3 Å². The molecule has 0 atom stereocenters. The van der Waals surface area contributed by atoms with Crippen LogP contribution in [0.25, 0.3) is 0 Å². The predicted octanol–water partition coefficient (Wildman–Crippen LogP) is 4.27. The van der Waals surface area contributed by atoms with Crippen LogP contribution in [-0.4, -0.2) is 28.8 Å². The molecule has 0 bridgehead atoms. The lowest BCUT2D eigenvalue weighted by Crippen LogP contribution is -2.32. The van der Waals surface area contributed by atoms with E-state index in [4.69, 9.17) is 4.74 Å². The SMILES string of the molecule is CC(C)(C)c1ccc(OCC(=O)NCCn2nc(C(F)(F)F)cc2C2CC2)cc1. The zero-order chi connectivity index (χ0) is 21.2. The van der Waals surface area contributed by atoms with Crippen LogP contribution in [0.3, 0.4) is 0 Å². The lowest BCUT2D eigenvalue weighted by Gasteiger charge is -2.19. The van der Waals surface area contributed by atoms with Crippen molar-refractivity contribution in [1.29, 1.82) is 0 Å². The number of ether oxygens (including phenoxy) is 1. The van der Waals surface area contributed by atoms with Crippen molar-refractivity contribution < 1.29 is 22.7 Å². The molecule has 0 aliphatic heterocycles. The van der Waals surface area contributed by atoms with E-state index in [0.29, 0.717) is 11.4 Å². The first-order valence-electron chi connectivity index (χ1n) is 9.69. The monoisotopic (exact) mass is 409 g/mol. The number of carbonyl (C=O) groups excluding carboxylic acids is 1. The first kappa shape index (κ1) is 21.2. The highest BCUT2D eigenvalue weighted by molar-refractivity contribution is 5.77. The average Bonchev–Trinajstić information content (AvgIpc) is 3.38. The number of hydrogen-bond acceptors (Lipinski definition) is 3. The van der Waals surface area contributed by atoms with Gasteiger partial charge in [0, 0.05) is 18.2 Å². The molecule has 29 heavy (non-hydrogen) atoms. The van der Waals surface area contributed by atoms with Gasteiger partial charge in [0.2, 0.25) is 0 Å². The number of rotatable bonds is 7. The molecule has 0 radical (unpaired) electrons. The first-order valence-corrected chi connectivity index (χ1v) is 9.69. The Bertz CT molecular complexity index is 848. The maximum absolute atomic E-state index is 12.9. The number of alkyl halides is 3. The minimum absolute atomic E-state index is 0.0354. The Morgan fingerprint density at radius 3 is 2.41 bits per heavy atom. The Morgan fingerprint density at radius 1 is 1.21 bits per heavy atom. The summed E-state index contributed by atoms with van der Waals surface area (Å²) in [6, 6.07) is 8.67.